The van der Waals surface area contributed by atoms with Crippen molar-refractivity contribution in [1.82, 2.24) is 0 Å². The SMILES string of the molecule is C=CC[C@@](C)(O)/C=C/c1ccccc1. The maximum absolute atomic E-state index is 9.82. The van der Waals surface area contributed by atoms with Gasteiger partial charge in [0, 0.05) is 0 Å². The van der Waals surface area contributed by atoms with E-state index in [-0.39, 0.29) is 0 Å². The van der Waals surface area contributed by atoms with Crippen LogP contribution in [0.1, 0.15) is 18.9 Å². The fraction of sp³-hybridized carbons (Fsp3) is 0.231. The fourth-order valence-corrected chi connectivity index (χ4v) is 1.20. The highest BCUT2D eigenvalue weighted by molar-refractivity contribution is 5.50. The molecular formula is C13H16O. The van der Waals surface area contributed by atoms with Crippen LogP contribution in [0.2, 0.25) is 0 Å². The molecule has 0 bridgehead atoms. The van der Waals surface area contributed by atoms with E-state index >= 15 is 0 Å². The van der Waals surface area contributed by atoms with Gasteiger partial charge in [0.15, 0.2) is 0 Å². The summed E-state index contributed by atoms with van der Waals surface area (Å²) in [7, 11) is 0. The van der Waals surface area contributed by atoms with E-state index in [0.717, 1.165) is 5.56 Å². The van der Waals surface area contributed by atoms with E-state index in [2.05, 4.69) is 6.58 Å². The molecule has 0 radical (unpaired) electrons. The molecular weight excluding hydrogens is 172 g/mol. The van der Waals surface area contributed by atoms with Crippen molar-refractivity contribution in [2.75, 3.05) is 0 Å². The average Bonchev–Trinajstić information content (AvgIpc) is 2.17. The second kappa shape index (κ2) is 4.77. The van der Waals surface area contributed by atoms with Gasteiger partial charge in [-0.1, -0.05) is 48.6 Å². The van der Waals surface area contributed by atoms with Crippen molar-refractivity contribution in [1.29, 1.82) is 0 Å². The van der Waals surface area contributed by atoms with Gasteiger partial charge in [-0.25, -0.2) is 0 Å². The molecule has 74 valence electrons. The molecule has 0 saturated heterocycles. The summed E-state index contributed by atoms with van der Waals surface area (Å²) in [5.74, 6) is 0. The highest BCUT2D eigenvalue weighted by atomic mass is 16.3. The molecule has 0 aliphatic carbocycles. The van der Waals surface area contributed by atoms with Crippen molar-refractivity contribution in [2.45, 2.75) is 18.9 Å². The maximum atomic E-state index is 9.82. The summed E-state index contributed by atoms with van der Waals surface area (Å²) in [6.07, 6.45) is 6.00. The first kappa shape index (κ1) is 10.7. The highest BCUT2D eigenvalue weighted by Gasteiger charge is 2.12. The summed E-state index contributed by atoms with van der Waals surface area (Å²) in [4.78, 5) is 0. The van der Waals surface area contributed by atoms with Crippen molar-refractivity contribution < 1.29 is 5.11 Å². The lowest BCUT2D eigenvalue weighted by Gasteiger charge is -2.15. The molecule has 0 saturated carbocycles. The van der Waals surface area contributed by atoms with E-state index in [1.165, 1.54) is 0 Å². The van der Waals surface area contributed by atoms with Crippen LogP contribution >= 0.6 is 0 Å². The van der Waals surface area contributed by atoms with Gasteiger partial charge in [0.05, 0.1) is 5.60 Å². The molecule has 0 aliphatic heterocycles. The molecule has 1 rings (SSSR count). The van der Waals surface area contributed by atoms with E-state index in [9.17, 15) is 5.11 Å². The summed E-state index contributed by atoms with van der Waals surface area (Å²) in [5, 5.41) is 9.82. The Hall–Kier alpha value is -1.34. The van der Waals surface area contributed by atoms with E-state index in [0.29, 0.717) is 6.42 Å². The number of hydrogen-bond acceptors (Lipinski definition) is 1. The first-order valence-corrected chi connectivity index (χ1v) is 4.72. The van der Waals surface area contributed by atoms with Gasteiger partial charge in [0.25, 0.3) is 0 Å². The topological polar surface area (TPSA) is 20.2 Å². The molecule has 14 heavy (non-hydrogen) atoms. The monoisotopic (exact) mass is 188 g/mol. The zero-order chi connectivity index (χ0) is 10.4. The number of aliphatic hydroxyl groups is 1. The predicted octanol–water partition coefficient (Wildman–Crippen LogP) is 3.03. The molecule has 0 unspecified atom stereocenters. The molecule has 0 spiro atoms. The minimum Gasteiger partial charge on any atom is -0.386 e. The molecule has 1 aromatic rings. The van der Waals surface area contributed by atoms with Crippen molar-refractivity contribution in [3.8, 4) is 0 Å². The maximum Gasteiger partial charge on any atom is 0.0837 e. The molecule has 0 amide bonds. The van der Waals surface area contributed by atoms with Crippen LogP contribution in [0.4, 0.5) is 0 Å². The Morgan fingerprint density at radius 2 is 2.00 bits per heavy atom. The first-order chi connectivity index (χ1) is 6.64. The van der Waals surface area contributed by atoms with Crippen LogP contribution in [0, 0.1) is 0 Å². The van der Waals surface area contributed by atoms with E-state index in [4.69, 9.17) is 0 Å². The Balaban J connectivity index is 2.68. The van der Waals surface area contributed by atoms with E-state index in [1.54, 1.807) is 19.1 Å². The Bertz CT molecular complexity index is 309. The smallest absolute Gasteiger partial charge is 0.0837 e. The van der Waals surface area contributed by atoms with Gasteiger partial charge in [0.1, 0.15) is 0 Å². The van der Waals surface area contributed by atoms with Crippen molar-refractivity contribution >= 4 is 6.08 Å². The molecule has 0 heterocycles. The van der Waals surface area contributed by atoms with Gasteiger partial charge < -0.3 is 5.11 Å². The number of rotatable bonds is 4. The molecule has 0 aromatic heterocycles. The standard InChI is InChI=1S/C13H16O/c1-3-10-13(2,14)11-9-12-7-5-4-6-8-12/h3-9,11,14H,1,10H2,2H3/b11-9+/t13-/m1/s1. The van der Waals surface area contributed by atoms with Crippen LogP contribution in [-0.2, 0) is 0 Å². The summed E-state index contributed by atoms with van der Waals surface area (Å²) in [6.45, 7) is 5.38. The minimum absolute atomic E-state index is 0.566. The summed E-state index contributed by atoms with van der Waals surface area (Å²) < 4.78 is 0. The third-order valence-corrected chi connectivity index (χ3v) is 1.99. The Morgan fingerprint density at radius 1 is 1.36 bits per heavy atom. The Kier molecular flexibility index (Phi) is 3.66. The van der Waals surface area contributed by atoms with Gasteiger partial charge >= 0.3 is 0 Å². The lowest BCUT2D eigenvalue weighted by molar-refractivity contribution is 0.116. The lowest BCUT2D eigenvalue weighted by Crippen LogP contribution is -2.18. The summed E-state index contributed by atoms with van der Waals surface area (Å²) in [5.41, 5.74) is 0.300. The molecule has 1 heteroatoms. The first-order valence-electron chi connectivity index (χ1n) is 4.72. The molecule has 1 nitrogen and oxygen atoms in total. The van der Waals surface area contributed by atoms with Crippen LogP contribution in [0.15, 0.2) is 49.1 Å². The number of benzene rings is 1. The van der Waals surface area contributed by atoms with E-state index < -0.39 is 5.60 Å². The molecule has 1 aromatic carbocycles. The zero-order valence-electron chi connectivity index (χ0n) is 8.48. The number of hydrogen-bond donors (Lipinski definition) is 1. The lowest BCUT2D eigenvalue weighted by atomic mass is 10.0. The van der Waals surface area contributed by atoms with Crippen LogP contribution in [0.25, 0.3) is 6.08 Å². The van der Waals surface area contributed by atoms with Gasteiger partial charge in [-0.2, -0.15) is 0 Å². The van der Waals surface area contributed by atoms with Crippen LogP contribution in [0.5, 0.6) is 0 Å². The van der Waals surface area contributed by atoms with Crippen molar-refractivity contribution in [3.05, 3.63) is 54.6 Å². The van der Waals surface area contributed by atoms with Crippen molar-refractivity contribution in [2.24, 2.45) is 0 Å². The van der Waals surface area contributed by atoms with Gasteiger partial charge in [-0.15, -0.1) is 6.58 Å². The third-order valence-electron chi connectivity index (χ3n) is 1.99. The highest BCUT2D eigenvalue weighted by Crippen LogP contribution is 2.13. The molecule has 0 aliphatic rings. The Morgan fingerprint density at radius 3 is 2.57 bits per heavy atom. The summed E-state index contributed by atoms with van der Waals surface area (Å²) >= 11 is 0. The van der Waals surface area contributed by atoms with Crippen molar-refractivity contribution in [3.63, 3.8) is 0 Å². The zero-order valence-corrected chi connectivity index (χ0v) is 8.48. The van der Waals surface area contributed by atoms with Crippen LogP contribution < -0.4 is 0 Å². The predicted molar refractivity (Wildman–Crippen MR) is 60.9 cm³/mol. The van der Waals surface area contributed by atoms with Gasteiger partial charge in [0.2, 0.25) is 0 Å². The van der Waals surface area contributed by atoms with Crippen LogP contribution in [-0.4, -0.2) is 10.7 Å². The normalized spacial score (nSPS) is 15.3. The van der Waals surface area contributed by atoms with E-state index in [1.807, 2.05) is 36.4 Å². The largest absolute Gasteiger partial charge is 0.386 e. The average molecular weight is 188 g/mol. The van der Waals surface area contributed by atoms with Gasteiger partial charge in [-0.05, 0) is 18.9 Å². The molecule has 1 N–H and O–H groups in total. The second-order valence-corrected chi connectivity index (χ2v) is 3.59. The quantitative estimate of drug-likeness (QED) is 0.720. The molecule has 1 atom stereocenters. The Labute approximate surface area is 85.4 Å². The minimum atomic E-state index is -0.794. The second-order valence-electron chi connectivity index (χ2n) is 3.59. The van der Waals surface area contributed by atoms with Gasteiger partial charge in [-0.3, -0.25) is 0 Å². The van der Waals surface area contributed by atoms with Crippen LogP contribution in [0.3, 0.4) is 0 Å². The third kappa shape index (κ3) is 3.58. The fourth-order valence-electron chi connectivity index (χ4n) is 1.20. The molecule has 0 fully saturated rings. The summed E-state index contributed by atoms with van der Waals surface area (Å²) in [6, 6.07) is 9.92.